The van der Waals surface area contributed by atoms with Crippen LogP contribution in [-0.4, -0.2) is 151 Å². The molecule has 34 heteroatoms. The second-order valence-corrected chi connectivity index (χ2v) is 27.4. The second-order valence-electron chi connectivity index (χ2n) is 19.5. The van der Waals surface area contributed by atoms with Crippen LogP contribution in [0.2, 0.25) is 15.1 Å². The molecule has 0 saturated carbocycles. The molecule has 3 saturated heterocycles. The first-order valence-electron chi connectivity index (χ1n) is 25.4. The molecule has 3 aromatic carbocycles. The molecule has 4 aromatic rings. The number of aryl methyl sites for hydroxylation is 1. The van der Waals surface area contributed by atoms with E-state index in [4.69, 9.17) is 45.6 Å². The van der Waals surface area contributed by atoms with E-state index in [0.29, 0.717) is 67.8 Å². The smallest absolute Gasteiger partial charge is 0.432 e. The van der Waals surface area contributed by atoms with E-state index in [1.165, 1.54) is 53.4 Å². The maximum Gasteiger partial charge on any atom is 0.432 e. The first-order valence-corrected chi connectivity index (χ1v) is 32.0. The summed E-state index contributed by atoms with van der Waals surface area (Å²) < 4.78 is 107. The third kappa shape index (κ3) is 23.4. The number of aliphatic imine (C=N–C) groups is 1. The molecule has 5 heterocycles. The number of sulfone groups is 3. The van der Waals surface area contributed by atoms with Crippen LogP contribution in [0.4, 0.5) is 30.2 Å². The van der Waals surface area contributed by atoms with Crippen LogP contribution in [0.25, 0.3) is 0 Å². The normalized spacial score (nSPS) is 18.6. The van der Waals surface area contributed by atoms with Crippen LogP contribution in [0, 0.1) is 55.0 Å². The van der Waals surface area contributed by atoms with E-state index < -0.39 is 74.6 Å². The zero-order chi connectivity index (χ0) is 62.7. The predicted molar refractivity (Wildman–Crippen MR) is 313 cm³/mol. The van der Waals surface area contributed by atoms with Crippen molar-refractivity contribution in [1.82, 2.24) is 20.4 Å². The molecular weight excluding hydrogens is 1250 g/mol. The van der Waals surface area contributed by atoms with Gasteiger partial charge in [-0.05, 0) is 106 Å². The number of aromatic nitrogens is 2. The van der Waals surface area contributed by atoms with E-state index in [2.05, 4.69) is 20.5 Å². The maximum absolute atomic E-state index is 13.0. The fourth-order valence-electron chi connectivity index (χ4n) is 8.76. The standard InChI is InChI=1S/C19H19ClF3N3O5S.C13H17ClN2O4S.C7H4ClNO3.C6H13NO2S.C5H6N2O2.CH4/c20-17-13(2-1-3-15(17)26(28)29)10-25(6-4-12-5-7-32(30,31)11-12)18(27)14-8-16(24-9-14)19(21,22)23;14-13-11(2-1-3-12(13)16(17)18)8-15-6-4-10-5-7-21(19,20)9-10;8-7-5(4-10)2-1-3-6(7)9(11)12;7-3-1-6-2-4-10(8,9)5-6;1-3-2-4(5(8)9)7-6-3;/h1-3,8,12H,4-7,9-11H2;1-3,10,15H,4-9H2;1-4H;6H,1-5,7H2;2H,1H3,(H,6,7)(H,8,9);1H4. The number of aldehydes is 1. The summed E-state index contributed by atoms with van der Waals surface area (Å²) in [7, 11) is -8.64. The molecule has 3 unspecified atom stereocenters. The fourth-order valence-corrected chi connectivity index (χ4v) is 15.2. The first kappa shape index (κ1) is 72.8. The number of allylic oxidation sites excluding steroid dienone is 1. The van der Waals surface area contributed by atoms with E-state index in [0.717, 1.165) is 31.4 Å². The van der Waals surface area contributed by atoms with Gasteiger partial charge >= 0.3 is 12.1 Å². The van der Waals surface area contributed by atoms with Crippen LogP contribution in [0.15, 0.2) is 77.3 Å². The van der Waals surface area contributed by atoms with Gasteiger partial charge in [0.2, 0.25) is 0 Å². The zero-order valence-electron chi connectivity index (χ0n) is 44.7. The topological polar surface area (TPSA) is 386 Å². The molecule has 85 heavy (non-hydrogen) atoms. The van der Waals surface area contributed by atoms with E-state index in [1.54, 1.807) is 19.1 Å². The lowest BCUT2D eigenvalue weighted by atomic mass is 10.0. The molecular formula is C51H63Cl3F3N9O16S3. The fraction of sp³-hybridized carbons (Fsp3) is 0.471. The lowest BCUT2D eigenvalue weighted by Crippen LogP contribution is -2.34. The highest BCUT2D eigenvalue weighted by molar-refractivity contribution is 7.92. The Morgan fingerprint density at radius 2 is 1.25 bits per heavy atom. The van der Waals surface area contributed by atoms with Crippen molar-refractivity contribution in [2.45, 2.75) is 72.1 Å². The minimum absolute atomic E-state index is 0. The number of rotatable bonds is 18. The van der Waals surface area contributed by atoms with Gasteiger partial charge in [0.05, 0.1) is 55.8 Å². The SMILES string of the molecule is C.Cc1cc(C(=O)O)n[nH]1.NCCC1CCS(=O)(=O)C1.O=C(C1=CC(C(F)(F)F)=NC1)N(CCC1CCS(=O)(=O)C1)Cc1cccc([N+](=O)[O-])c1Cl.O=Cc1cccc([N+](=O)[O-])c1Cl.O=[N+]([O-])c1cccc(CNCCC2CCS(=O)(=O)C2)c1Cl. The third-order valence-electron chi connectivity index (χ3n) is 13.1. The molecule has 5 N–H and O–H groups in total. The average molecular weight is 1320 g/mol. The highest BCUT2D eigenvalue weighted by Gasteiger charge is 2.38. The molecule has 8 rings (SSSR count). The van der Waals surface area contributed by atoms with E-state index in [9.17, 15) is 83.2 Å². The summed E-state index contributed by atoms with van der Waals surface area (Å²) in [4.78, 5) is 68.4. The minimum atomic E-state index is -4.69. The third-order valence-corrected chi connectivity index (χ3v) is 19.9. The highest BCUT2D eigenvalue weighted by Crippen LogP contribution is 2.32. The molecule has 3 atom stereocenters. The summed E-state index contributed by atoms with van der Waals surface area (Å²) in [5, 5.41) is 49.6. The Morgan fingerprint density at radius 1 is 0.776 bits per heavy atom. The van der Waals surface area contributed by atoms with E-state index in [1.807, 2.05) is 0 Å². The summed E-state index contributed by atoms with van der Waals surface area (Å²) in [5.74, 6) is -0.0145. The van der Waals surface area contributed by atoms with Crippen LogP contribution < -0.4 is 11.1 Å². The number of hydrogen-bond donors (Lipinski definition) is 4. The molecule has 0 aliphatic carbocycles. The predicted octanol–water partition coefficient (Wildman–Crippen LogP) is 8.39. The van der Waals surface area contributed by atoms with Crippen molar-refractivity contribution in [3.63, 3.8) is 0 Å². The maximum atomic E-state index is 13.0. The van der Waals surface area contributed by atoms with Gasteiger partial charge in [0, 0.05) is 54.7 Å². The number of halogens is 6. The van der Waals surface area contributed by atoms with Crippen molar-refractivity contribution in [2.24, 2.45) is 28.5 Å². The minimum Gasteiger partial charge on any atom is -0.476 e. The van der Waals surface area contributed by atoms with E-state index in [-0.39, 0.29) is 110 Å². The number of amides is 1. The summed E-state index contributed by atoms with van der Waals surface area (Å²) in [6.07, 6.45) is 0.421. The number of nitrogens with one attached hydrogen (secondary N) is 2. The summed E-state index contributed by atoms with van der Waals surface area (Å²) >= 11 is 17.6. The van der Waals surface area contributed by atoms with Gasteiger partial charge in [-0.3, -0.25) is 50.0 Å². The summed E-state index contributed by atoms with van der Waals surface area (Å²) in [6, 6.07) is 14.3. The van der Waals surface area contributed by atoms with Gasteiger partial charge in [-0.15, -0.1) is 0 Å². The molecule has 1 aromatic heterocycles. The van der Waals surface area contributed by atoms with Gasteiger partial charge in [0.25, 0.3) is 23.0 Å². The lowest BCUT2D eigenvalue weighted by molar-refractivity contribution is -0.384. The monoisotopic (exact) mass is 1320 g/mol. The molecule has 0 spiro atoms. The Bertz CT molecular complexity index is 3460. The van der Waals surface area contributed by atoms with Gasteiger partial charge in [0.1, 0.15) is 20.8 Å². The summed E-state index contributed by atoms with van der Waals surface area (Å²) in [5.41, 5.74) is 5.14. The molecule has 0 bridgehead atoms. The molecule has 468 valence electrons. The van der Waals surface area contributed by atoms with Crippen molar-refractivity contribution in [3.05, 3.63) is 146 Å². The number of carboxylic acids is 1. The van der Waals surface area contributed by atoms with E-state index >= 15 is 0 Å². The number of alkyl halides is 3. The van der Waals surface area contributed by atoms with Gasteiger partial charge in [0.15, 0.2) is 41.5 Å². The molecule has 1 amide bonds. The molecule has 4 aliphatic heterocycles. The highest BCUT2D eigenvalue weighted by atomic mass is 35.5. The first-order chi connectivity index (χ1) is 39.3. The Kier molecular flexibility index (Phi) is 28.1. The number of carboxylic acid groups (broad SMARTS) is 1. The van der Waals surface area contributed by atoms with Crippen LogP contribution in [0.5, 0.6) is 0 Å². The number of aromatic carboxylic acids is 1. The molecule has 3 fully saturated rings. The molecule has 0 radical (unpaired) electrons. The van der Waals surface area contributed by atoms with Crippen LogP contribution in [0.3, 0.4) is 0 Å². The van der Waals surface area contributed by atoms with Gasteiger partial charge in [-0.2, -0.15) is 18.3 Å². The van der Waals surface area contributed by atoms with Crippen LogP contribution in [-0.2, 0) is 47.4 Å². The van der Waals surface area contributed by atoms with Gasteiger partial charge < -0.3 is 21.1 Å². The van der Waals surface area contributed by atoms with Crippen molar-refractivity contribution in [3.8, 4) is 0 Å². The number of carbonyl (C=O) groups is 3. The number of H-pyrrole nitrogens is 1. The van der Waals surface area contributed by atoms with Gasteiger partial charge in [-0.1, -0.05) is 72.6 Å². The number of carbonyl (C=O) groups excluding carboxylic acids is 2. The summed E-state index contributed by atoms with van der Waals surface area (Å²) in [6.45, 7) is 2.89. The Labute approximate surface area is 502 Å². The largest absolute Gasteiger partial charge is 0.476 e. The Hall–Kier alpha value is -6.48. The number of nitrogens with zero attached hydrogens (tertiary/aromatic N) is 6. The van der Waals surface area contributed by atoms with Crippen molar-refractivity contribution in [2.75, 3.05) is 60.7 Å². The molecule has 4 aliphatic rings. The Balaban J connectivity index is 0.000000305. The zero-order valence-corrected chi connectivity index (χ0v) is 49.4. The number of hydrogen-bond acceptors (Lipinski definition) is 19. The van der Waals surface area contributed by atoms with Crippen molar-refractivity contribution < 1.29 is 72.7 Å². The average Bonchev–Trinajstić information content (AvgIpc) is 4.49. The lowest BCUT2D eigenvalue weighted by Gasteiger charge is -2.25. The molecule has 25 nitrogen and oxygen atoms in total. The number of nitrogens with two attached hydrogens (primary N) is 1. The van der Waals surface area contributed by atoms with Crippen LogP contribution >= 0.6 is 34.8 Å². The quantitative estimate of drug-likeness (QED) is 0.0314. The Morgan fingerprint density at radius 3 is 1.66 bits per heavy atom. The van der Waals surface area contributed by atoms with Gasteiger partial charge in [-0.25, -0.2) is 30.0 Å². The number of benzene rings is 3. The van der Waals surface area contributed by atoms with Crippen molar-refractivity contribution in [1.29, 1.82) is 0 Å². The van der Waals surface area contributed by atoms with Crippen molar-refractivity contribution >= 4 is 105 Å². The van der Waals surface area contributed by atoms with Crippen LogP contribution in [0.1, 0.15) is 83.6 Å². The number of aromatic amines is 1. The number of nitro benzene ring substituents is 3. The number of nitro groups is 3. The second kappa shape index (κ2) is 32.9.